The van der Waals surface area contributed by atoms with Crippen LogP contribution in [0.3, 0.4) is 0 Å². The number of carbonyl (C=O) groups excluding carboxylic acids is 2. The van der Waals surface area contributed by atoms with Crippen molar-refractivity contribution in [1.29, 1.82) is 0 Å². The summed E-state index contributed by atoms with van der Waals surface area (Å²) in [5, 5.41) is 2.87. The second-order valence-corrected chi connectivity index (χ2v) is 9.31. The topological polar surface area (TPSA) is 64.6 Å². The van der Waals surface area contributed by atoms with E-state index in [1.165, 1.54) is 44.9 Å². The largest absolute Gasteiger partial charge is 0.460 e. The first kappa shape index (κ1) is 27.0. The van der Waals surface area contributed by atoms with Crippen LogP contribution in [-0.4, -0.2) is 23.7 Å². The van der Waals surface area contributed by atoms with Crippen molar-refractivity contribution in [2.24, 2.45) is 0 Å². The molecule has 0 spiro atoms. The summed E-state index contributed by atoms with van der Waals surface area (Å²) in [5.41, 5.74) is 0.396. The third kappa shape index (κ3) is 15.4. The monoisotopic (exact) mass is 433 g/mol. The number of esters is 1. The molecule has 1 amide bonds. The van der Waals surface area contributed by atoms with Gasteiger partial charge in [0.15, 0.2) is 0 Å². The van der Waals surface area contributed by atoms with E-state index in [2.05, 4.69) is 12.2 Å². The molecule has 0 radical (unpaired) electrons. The van der Waals surface area contributed by atoms with Crippen LogP contribution in [0.25, 0.3) is 0 Å². The van der Waals surface area contributed by atoms with E-state index in [0.717, 1.165) is 24.8 Å². The van der Waals surface area contributed by atoms with Gasteiger partial charge in [-0.2, -0.15) is 0 Å². The summed E-state index contributed by atoms with van der Waals surface area (Å²) < 4.78 is 10.8. The molecule has 0 saturated carbocycles. The van der Waals surface area contributed by atoms with Crippen LogP contribution in [0.4, 0.5) is 4.79 Å². The highest BCUT2D eigenvalue weighted by molar-refractivity contribution is 5.73. The molecule has 1 atom stereocenters. The predicted molar refractivity (Wildman–Crippen MR) is 126 cm³/mol. The lowest BCUT2D eigenvalue weighted by Crippen LogP contribution is -2.38. The molecule has 1 rings (SSSR count). The molecule has 0 aliphatic carbocycles. The second-order valence-electron chi connectivity index (χ2n) is 9.31. The van der Waals surface area contributed by atoms with Crippen LogP contribution < -0.4 is 5.32 Å². The van der Waals surface area contributed by atoms with E-state index >= 15 is 0 Å². The fourth-order valence-corrected chi connectivity index (χ4v) is 3.44. The Morgan fingerprint density at radius 3 is 2.06 bits per heavy atom. The number of unbranched alkanes of at least 4 members (excludes halogenated alkanes) is 8. The van der Waals surface area contributed by atoms with E-state index in [4.69, 9.17) is 9.47 Å². The lowest BCUT2D eigenvalue weighted by molar-refractivity contribution is -0.155. The van der Waals surface area contributed by atoms with Crippen molar-refractivity contribution in [3.8, 4) is 0 Å². The van der Waals surface area contributed by atoms with Gasteiger partial charge in [-0.25, -0.2) is 4.79 Å². The molecule has 0 aliphatic rings. The lowest BCUT2D eigenvalue weighted by Gasteiger charge is -2.23. The molecule has 1 aromatic carbocycles. The third-order valence-corrected chi connectivity index (χ3v) is 5.02. The maximum atomic E-state index is 12.3. The lowest BCUT2D eigenvalue weighted by atomic mass is 10.0. The van der Waals surface area contributed by atoms with Crippen LogP contribution in [0, 0.1) is 0 Å². The van der Waals surface area contributed by atoms with Crippen molar-refractivity contribution >= 4 is 12.1 Å². The van der Waals surface area contributed by atoms with Gasteiger partial charge in [0.1, 0.15) is 12.2 Å². The highest BCUT2D eigenvalue weighted by Crippen LogP contribution is 2.15. The van der Waals surface area contributed by atoms with Crippen molar-refractivity contribution in [2.45, 2.75) is 117 Å². The smallest absolute Gasteiger partial charge is 0.407 e. The van der Waals surface area contributed by atoms with Crippen molar-refractivity contribution in [2.75, 3.05) is 0 Å². The number of rotatable bonds is 15. The number of hydrogen-bond donors (Lipinski definition) is 1. The maximum absolute atomic E-state index is 12.3. The molecule has 1 aromatic rings. The molecule has 0 saturated heterocycles. The van der Waals surface area contributed by atoms with Crippen molar-refractivity contribution in [1.82, 2.24) is 5.32 Å². The molecular weight excluding hydrogens is 390 g/mol. The Kier molecular flexibility index (Phi) is 13.7. The minimum absolute atomic E-state index is 0.161. The summed E-state index contributed by atoms with van der Waals surface area (Å²) in [4.78, 5) is 24.5. The molecule has 0 aliphatic heterocycles. The number of nitrogens with one attached hydrogen (secondary N) is 1. The number of ether oxygens (including phenoxy) is 2. The zero-order valence-electron chi connectivity index (χ0n) is 20.1. The summed E-state index contributed by atoms with van der Waals surface area (Å²) in [6.45, 7) is 7.99. The zero-order chi connectivity index (χ0) is 23.0. The molecule has 5 heteroatoms. The van der Waals surface area contributed by atoms with Crippen molar-refractivity contribution in [3.05, 3.63) is 35.9 Å². The predicted octanol–water partition coefficient (Wildman–Crippen LogP) is 6.93. The van der Waals surface area contributed by atoms with Gasteiger partial charge in [0.2, 0.25) is 0 Å². The highest BCUT2D eigenvalue weighted by Gasteiger charge is 2.22. The molecule has 0 unspecified atom stereocenters. The SMILES string of the molecule is CCCCCCCCCCC[C@H](CC(=O)OC(C)(C)C)NC(=O)OCc1ccccc1. The van der Waals surface area contributed by atoms with Gasteiger partial charge in [0, 0.05) is 6.04 Å². The Bertz CT molecular complexity index is 610. The van der Waals surface area contributed by atoms with Crippen LogP contribution in [0.2, 0.25) is 0 Å². The van der Waals surface area contributed by atoms with Gasteiger partial charge in [-0.1, -0.05) is 95.0 Å². The van der Waals surface area contributed by atoms with E-state index < -0.39 is 11.7 Å². The summed E-state index contributed by atoms with van der Waals surface area (Å²) in [6, 6.07) is 9.28. The van der Waals surface area contributed by atoms with Crippen LogP contribution >= 0.6 is 0 Å². The number of alkyl carbamates (subject to hydrolysis) is 1. The molecule has 1 N–H and O–H groups in total. The standard InChI is InChI=1S/C26H43NO4/c1-5-6-7-8-9-10-11-12-16-19-23(20-24(28)31-26(2,3)4)27-25(29)30-21-22-17-14-13-15-18-22/h13-15,17-18,23H,5-12,16,19-21H2,1-4H3,(H,27,29)/t23-/m1/s1. The average Bonchev–Trinajstić information content (AvgIpc) is 2.70. The van der Waals surface area contributed by atoms with E-state index in [1.807, 2.05) is 51.1 Å². The Morgan fingerprint density at radius 2 is 1.48 bits per heavy atom. The Morgan fingerprint density at radius 1 is 0.903 bits per heavy atom. The maximum Gasteiger partial charge on any atom is 0.407 e. The quantitative estimate of drug-likeness (QED) is 0.240. The molecule has 0 aromatic heterocycles. The summed E-state index contributed by atoms with van der Waals surface area (Å²) in [6.07, 6.45) is 11.5. The summed E-state index contributed by atoms with van der Waals surface area (Å²) >= 11 is 0. The Hall–Kier alpha value is -2.04. The van der Waals surface area contributed by atoms with Crippen molar-refractivity contribution in [3.63, 3.8) is 0 Å². The van der Waals surface area contributed by atoms with E-state index in [-0.39, 0.29) is 25.0 Å². The number of hydrogen-bond acceptors (Lipinski definition) is 4. The molecule has 5 nitrogen and oxygen atoms in total. The van der Waals surface area contributed by atoms with E-state index in [0.29, 0.717) is 0 Å². The third-order valence-electron chi connectivity index (χ3n) is 5.02. The molecule has 176 valence electrons. The first-order valence-corrected chi connectivity index (χ1v) is 12.0. The summed E-state index contributed by atoms with van der Waals surface area (Å²) in [5.74, 6) is -0.295. The zero-order valence-corrected chi connectivity index (χ0v) is 20.1. The highest BCUT2D eigenvalue weighted by atomic mass is 16.6. The van der Waals surface area contributed by atoms with Gasteiger partial charge >= 0.3 is 12.1 Å². The van der Waals surface area contributed by atoms with E-state index in [1.54, 1.807) is 0 Å². The van der Waals surface area contributed by atoms with E-state index in [9.17, 15) is 9.59 Å². The van der Waals surface area contributed by atoms with Crippen LogP contribution in [0.15, 0.2) is 30.3 Å². The minimum atomic E-state index is -0.534. The molecular formula is C26H43NO4. The van der Waals surface area contributed by atoms with Gasteiger partial charge in [-0.05, 0) is 32.8 Å². The Labute approximate surface area is 189 Å². The van der Waals surface area contributed by atoms with Gasteiger partial charge in [0.25, 0.3) is 0 Å². The second kappa shape index (κ2) is 15.7. The molecule has 0 heterocycles. The first-order chi connectivity index (χ1) is 14.8. The van der Waals surface area contributed by atoms with Crippen LogP contribution in [-0.2, 0) is 20.9 Å². The van der Waals surface area contributed by atoms with Crippen LogP contribution in [0.1, 0.15) is 104 Å². The van der Waals surface area contributed by atoms with Gasteiger partial charge in [-0.15, -0.1) is 0 Å². The number of carbonyl (C=O) groups is 2. The number of amides is 1. The fourth-order valence-electron chi connectivity index (χ4n) is 3.44. The van der Waals surface area contributed by atoms with Gasteiger partial charge in [0.05, 0.1) is 6.42 Å². The number of benzene rings is 1. The van der Waals surface area contributed by atoms with Crippen LogP contribution in [0.5, 0.6) is 0 Å². The molecule has 31 heavy (non-hydrogen) atoms. The minimum Gasteiger partial charge on any atom is -0.460 e. The van der Waals surface area contributed by atoms with Gasteiger partial charge in [-0.3, -0.25) is 4.79 Å². The normalized spacial score (nSPS) is 12.3. The van der Waals surface area contributed by atoms with Gasteiger partial charge < -0.3 is 14.8 Å². The summed E-state index contributed by atoms with van der Waals surface area (Å²) in [7, 11) is 0. The average molecular weight is 434 g/mol. The first-order valence-electron chi connectivity index (χ1n) is 12.0. The fraction of sp³-hybridized carbons (Fsp3) is 0.692. The Balaban J connectivity index is 2.39. The van der Waals surface area contributed by atoms with Crippen molar-refractivity contribution < 1.29 is 19.1 Å². The molecule has 0 fully saturated rings. The molecule has 0 bridgehead atoms.